The van der Waals surface area contributed by atoms with Crippen molar-refractivity contribution in [3.63, 3.8) is 0 Å². The first-order valence-corrected chi connectivity index (χ1v) is 8.55. The third kappa shape index (κ3) is 2.94. The van der Waals surface area contributed by atoms with Crippen LogP contribution < -0.4 is 4.74 Å². The van der Waals surface area contributed by atoms with Gasteiger partial charge in [-0.3, -0.25) is 15.0 Å². The maximum absolute atomic E-state index is 13.0. The molecule has 1 aliphatic rings. The van der Waals surface area contributed by atoms with Gasteiger partial charge in [-0.2, -0.15) is 10.2 Å². The number of methoxy groups -OCH3 is 1. The number of aromatic amines is 2. The molecule has 3 heterocycles. The Balaban J connectivity index is 1.55. The van der Waals surface area contributed by atoms with Crippen molar-refractivity contribution in [2.45, 2.75) is 25.8 Å². The summed E-state index contributed by atoms with van der Waals surface area (Å²) in [5.41, 5.74) is 2.11. The van der Waals surface area contributed by atoms with Gasteiger partial charge in [0.05, 0.1) is 18.8 Å². The maximum atomic E-state index is 13.0. The number of nitrogens with one attached hydrogen (secondary N) is 2. The highest BCUT2D eigenvalue weighted by Crippen LogP contribution is 2.31. The molecule has 2 N–H and O–H groups in total. The number of likely N-dealkylation sites (tertiary alicyclic amines) is 1. The molecule has 2 aromatic heterocycles. The average molecular weight is 352 g/mol. The lowest BCUT2D eigenvalue weighted by Gasteiger charge is -2.21. The molecule has 1 atom stereocenters. The number of H-pyrrole nitrogens is 2. The maximum Gasteiger partial charge on any atom is 0.272 e. The minimum atomic E-state index is -0.0970. The van der Waals surface area contributed by atoms with Crippen LogP contribution in [0.15, 0.2) is 30.3 Å². The van der Waals surface area contributed by atoms with Gasteiger partial charge in [-0.05, 0) is 50.1 Å². The molecule has 26 heavy (non-hydrogen) atoms. The van der Waals surface area contributed by atoms with Crippen LogP contribution in [0.1, 0.15) is 41.0 Å². The highest BCUT2D eigenvalue weighted by molar-refractivity contribution is 5.93. The van der Waals surface area contributed by atoms with Crippen LogP contribution in [-0.2, 0) is 0 Å². The van der Waals surface area contributed by atoms with Crippen LogP contribution in [-0.4, -0.2) is 49.8 Å². The van der Waals surface area contributed by atoms with Crippen molar-refractivity contribution in [3.05, 3.63) is 47.7 Å². The number of aromatic nitrogens is 5. The third-order valence-electron chi connectivity index (χ3n) is 4.62. The quantitative estimate of drug-likeness (QED) is 0.751. The molecule has 8 nitrogen and oxygen atoms in total. The van der Waals surface area contributed by atoms with Crippen molar-refractivity contribution in [2.75, 3.05) is 13.7 Å². The number of carbonyl (C=O) groups is 1. The summed E-state index contributed by atoms with van der Waals surface area (Å²) in [5, 5.41) is 14.2. The Kier molecular flexibility index (Phi) is 4.16. The third-order valence-corrected chi connectivity index (χ3v) is 4.62. The van der Waals surface area contributed by atoms with E-state index in [4.69, 9.17) is 4.74 Å². The van der Waals surface area contributed by atoms with Gasteiger partial charge in [-0.1, -0.05) is 0 Å². The number of carbonyl (C=O) groups excluding carboxylic acids is 1. The molecule has 0 bridgehead atoms. The van der Waals surface area contributed by atoms with E-state index >= 15 is 0 Å². The van der Waals surface area contributed by atoms with E-state index in [0.29, 0.717) is 18.1 Å². The zero-order valence-corrected chi connectivity index (χ0v) is 14.7. The number of hydrogen-bond donors (Lipinski definition) is 2. The van der Waals surface area contributed by atoms with Crippen LogP contribution in [0.4, 0.5) is 0 Å². The van der Waals surface area contributed by atoms with Crippen molar-refractivity contribution in [3.8, 4) is 17.0 Å². The molecule has 8 heteroatoms. The molecule has 0 unspecified atom stereocenters. The van der Waals surface area contributed by atoms with Gasteiger partial charge in [0.1, 0.15) is 17.3 Å². The number of ether oxygens (including phenoxy) is 1. The molecule has 3 aromatic rings. The van der Waals surface area contributed by atoms with Gasteiger partial charge < -0.3 is 9.64 Å². The van der Waals surface area contributed by atoms with E-state index in [2.05, 4.69) is 25.4 Å². The number of benzene rings is 1. The molecule has 0 radical (unpaired) electrons. The summed E-state index contributed by atoms with van der Waals surface area (Å²) < 4.78 is 5.17. The van der Waals surface area contributed by atoms with E-state index in [1.165, 1.54) is 0 Å². The van der Waals surface area contributed by atoms with Crippen molar-refractivity contribution < 1.29 is 9.53 Å². The van der Waals surface area contributed by atoms with Gasteiger partial charge in [0.25, 0.3) is 5.91 Å². The Hall–Kier alpha value is -3.16. The molecule has 1 aliphatic heterocycles. The molecule has 0 spiro atoms. The molecule has 1 amide bonds. The minimum absolute atomic E-state index is 0.0813. The van der Waals surface area contributed by atoms with Crippen LogP contribution in [0.2, 0.25) is 0 Å². The zero-order chi connectivity index (χ0) is 18.1. The summed E-state index contributed by atoms with van der Waals surface area (Å²) in [6, 6.07) is 9.25. The van der Waals surface area contributed by atoms with Crippen molar-refractivity contribution in [2.24, 2.45) is 0 Å². The fraction of sp³-hybridized carbons (Fsp3) is 0.333. The van der Waals surface area contributed by atoms with E-state index in [1.807, 2.05) is 36.1 Å². The monoisotopic (exact) mass is 352 g/mol. The molecular formula is C18H20N6O2. The highest BCUT2D eigenvalue weighted by atomic mass is 16.5. The summed E-state index contributed by atoms with van der Waals surface area (Å²) in [7, 11) is 1.63. The topological polar surface area (TPSA) is 99.8 Å². The number of rotatable bonds is 4. The van der Waals surface area contributed by atoms with Crippen LogP contribution in [0, 0.1) is 6.92 Å². The second kappa shape index (κ2) is 6.62. The largest absolute Gasteiger partial charge is 0.497 e. The molecule has 1 saturated heterocycles. The standard InChI is InChI=1S/C18H20N6O2/c1-11-19-17(23-20-11)16-4-3-9-24(16)18(25)15-10-14(21-22-15)12-5-7-13(26-2)8-6-12/h5-8,10,16H,3-4,9H2,1-2H3,(H,21,22)(H,19,20,23)/t16-/m1/s1. The molecule has 1 aromatic carbocycles. The van der Waals surface area contributed by atoms with Crippen LogP contribution in [0.5, 0.6) is 5.75 Å². The first-order valence-electron chi connectivity index (χ1n) is 8.55. The number of amides is 1. The Morgan fingerprint density at radius 2 is 2.04 bits per heavy atom. The van der Waals surface area contributed by atoms with Crippen LogP contribution in [0.3, 0.4) is 0 Å². The molecule has 134 valence electrons. The van der Waals surface area contributed by atoms with Crippen molar-refractivity contribution in [1.82, 2.24) is 30.3 Å². The summed E-state index contributed by atoms with van der Waals surface area (Å²) >= 11 is 0. The number of hydrogen-bond acceptors (Lipinski definition) is 5. The summed E-state index contributed by atoms with van der Waals surface area (Å²) in [4.78, 5) is 19.2. The fourth-order valence-corrected chi connectivity index (χ4v) is 3.28. The van der Waals surface area contributed by atoms with Crippen molar-refractivity contribution >= 4 is 5.91 Å². The minimum Gasteiger partial charge on any atom is -0.497 e. The summed E-state index contributed by atoms with van der Waals surface area (Å²) in [5.74, 6) is 2.12. The smallest absolute Gasteiger partial charge is 0.272 e. The highest BCUT2D eigenvalue weighted by Gasteiger charge is 2.33. The number of nitrogens with zero attached hydrogens (tertiary/aromatic N) is 4. The fourth-order valence-electron chi connectivity index (χ4n) is 3.28. The Morgan fingerprint density at radius 1 is 1.23 bits per heavy atom. The van der Waals surface area contributed by atoms with Gasteiger partial charge in [-0.15, -0.1) is 0 Å². The first kappa shape index (κ1) is 16.3. The van der Waals surface area contributed by atoms with E-state index in [0.717, 1.165) is 35.7 Å². The second-order valence-corrected chi connectivity index (χ2v) is 6.33. The van der Waals surface area contributed by atoms with E-state index < -0.39 is 0 Å². The molecule has 4 rings (SSSR count). The molecule has 0 saturated carbocycles. The van der Waals surface area contributed by atoms with E-state index in [9.17, 15) is 4.79 Å². The summed E-state index contributed by atoms with van der Waals surface area (Å²) in [6.45, 7) is 2.54. The zero-order valence-electron chi connectivity index (χ0n) is 14.7. The lowest BCUT2D eigenvalue weighted by Crippen LogP contribution is -2.31. The average Bonchev–Trinajstić information content (AvgIpc) is 3.41. The SMILES string of the molecule is COc1ccc(-c2cc(C(=O)N3CCC[C@@H]3c3n[nH]c(C)n3)[nH]n2)cc1. The van der Waals surface area contributed by atoms with E-state index in [1.54, 1.807) is 13.2 Å². The predicted octanol–water partition coefficient (Wildman–Crippen LogP) is 2.49. The predicted molar refractivity (Wildman–Crippen MR) is 94.7 cm³/mol. The molecule has 0 aliphatic carbocycles. The van der Waals surface area contributed by atoms with Gasteiger partial charge in [0, 0.05) is 12.1 Å². The number of aryl methyl sites for hydroxylation is 1. The Labute approximate surface area is 150 Å². The Morgan fingerprint density at radius 3 is 2.73 bits per heavy atom. The van der Waals surface area contributed by atoms with Gasteiger partial charge >= 0.3 is 0 Å². The first-order chi connectivity index (χ1) is 12.7. The normalized spacial score (nSPS) is 16.8. The Bertz CT molecular complexity index is 914. The lowest BCUT2D eigenvalue weighted by atomic mass is 10.1. The van der Waals surface area contributed by atoms with Crippen molar-refractivity contribution in [1.29, 1.82) is 0 Å². The van der Waals surface area contributed by atoms with Crippen LogP contribution in [0.25, 0.3) is 11.3 Å². The van der Waals surface area contributed by atoms with Crippen LogP contribution >= 0.6 is 0 Å². The van der Waals surface area contributed by atoms with E-state index in [-0.39, 0.29) is 11.9 Å². The van der Waals surface area contributed by atoms with Gasteiger partial charge in [-0.25, -0.2) is 4.98 Å². The van der Waals surface area contributed by atoms with Gasteiger partial charge in [0.15, 0.2) is 5.82 Å². The molecular weight excluding hydrogens is 332 g/mol. The van der Waals surface area contributed by atoms with Gasteiger partial charge in [0.2, 0.25) is 0 Å². The molecule has 1 fully saturated rings. The second-order valence-electron chi connectivity index (χ2n) is 6.33. The lowest BCUT2D eigenvalue weighted by molar-refractivity contribution is 0.0724. The summed E-state index contributed by atoms with van der Waals surface area (Å²) in [6.07, 6.45) is 1.80.